The van der Waals surface area contributed by atoms with Crippen LogP contribution in [0.3, 0.4) is 0 Å². The number of nitro groups is 1. The van der Waals surface area contributed by atoms with E-state index >= 15 is 0 Å². The second kappa shape index (κ2) is 10.2. The van der Waals surface area contributed by atoms with E-state index in [4.69, 9.17) is 26.4 Å². The summed E-state index contributed by atoms with van der Waals surface area (Å²) >= 11 is 5.24. The van der Waals surface area contributed by atoms with E-state index < -0.39 is 22.4 Å². The molecule has 11 heteroatoms. The molecule has 0 unspecified atom stereocenters. The molecule has 36 heavy (non-hydrogen) atoms. The molecular formula is C25H19N3O7S. The predicted octanol–water partition coefficient (Wildman–Crippen LogP) is 4.24. The standard InChI is InChI=1S/C25H19N3O7S/c1-33-20-12-13-21(34-2)22(28(31)32)18(20)14-19-23(29)26-25(36)27(24(19)30)15-8-10-17(11-9-15)35-16-6-4-3-5-7-16/h3-14H,1-2H3,(H,26,29,36)/b19-14+. The maximum absolute atomic E-state index is 13.4. The lowest BCUT2D eigenvalue weighted by Crippen LogP contribution is -2.54. The molecule has 3 aromatic carbocycles. The van der Waals surface area contributed by atoms with Gasteiger partial charge in [-0.2, -0.15) is 0 Å². The van der Waals surface area contributed by atoms with E-state index in [9.17, 15) is 19.7 Å². The summed E-state index contributed by atoms with van der Waals surface area (Å²) in [7, 11) is 2.59. The van der Waals surface area contributed by atoms with Gasteiger partial charge in [0, 0.05) is 0 Å². The molecule has 3 aromatic rings. The van der Waals surface area contributed by atoms with Crippen molar-refractivity contribution in [1.29, 1.82) is 0 Å². The number of hydrogen-bond donors (Lipinski definition) is 1. The van der Waals surface area contributed by atoms with E-state index in [-0.39, 0.29) is 27.7 Å². The number of thiocarbonyl (C=S) groups is 1. The van der Waals surface area contributed by atoms with Crippen LogP contribution in [0.15, 0.2) is 72.3 Å². The molecule has 10 nitrogen and oxygen atoms in total. The quantitative estimate of drug-likeness (QED) is 0.167. The van der Waals surface area contributed by atoms with E-state index in [2.05, 4.69) is 5.32 Å². The Morgan fingerprint density at radius 3 is 2.14 bits per heavy atom. The average molecular weight is 506 g/mol. The van der Waals surface area contributed by atoms with Crippen molar-refractivity contribution in [3.8, 4) is 23.0 Å². The molecular weight excluding hydrogens is 486 g/mol. The Morgan fingerprint density at radius 1 is 0.917 bits per heavy atom. The fraction of sp³-hybridized carbons (Fsp3) is 0.0800. The summed E-state index contributed by atoms with van der Waals surface area (Å²) in [5.74, 6) is -0.377. The Bertz CT molecular complexity index is 1390. The van der Waals surface area contributed by atoms with Gasteiger partial charge in [-0.25, -0.2) is 0 Å². The van der Waals surface area contributed by atoms with E-state index in [1.807, 2.05) is 18.2 Å². The van der Waals surface area contributed by atoms with Crippen LogP contribution in [0, 0.1) is 10.1 Å². The fourth-order valence-corrected chi connectivity index (χ4v) is 3.85. The maximum Gasteiger partial charge on any atom is 0.321 e. The normalized spacial score (nSPS) is 14.4. The molecule has 1 aliphatic rings. The first kappa shape index (κ1) is 24.4. The number of nitrogens with zero attached hydrogens (tertiary/aromatic N) is 2. The highest BCUT2D eigenvalue weighted by atomic mass is 32.1. The van der Waals surface area contributed by atoms with Gasteiger partial charge in [-0.05, 0) is 66.8 Å². The first-order valence-electron chi connectivity index (χ1n) is 10.5. The highest BCUT2D eigenvalue weighted by Gasteiger charge is 2.36. The number of ether oxygens (including phenoxy) is 3. The highest BCUT2D eigenvalue weighted by molar-refractivity contribution is 7.80. The first-order chi connectivity index (χ1) is 17.3. The number of methoxy groups -OCH3 is 2. The van der Waals surface area contributed by atoms with Crippen molar-refractivity contribution in [2.24, 2.45) is 0 Å². The summed E-state index contributed by atoms with van der Waals surface area (Å²) in [5, 5.41) is 14.1. The summed E-state index contributed by atoms with van der Waals surface area (Å²) in [6, 6.07) is 18.5. The van der Waals surface area contributed by atoms with Crippen molar-refractivity contribution < 1.29 is 28.7 Å². The fourth-order valence-electron chi connectivity index (χ4n) is 3.56. The summed E-state index contributed by atoms with van der Waals surface area (Å²) in [5.41, 5.74) is -0.557. The summed E-state index contributed by atoms with van der Waals surface area (Å²) in [4.78, 5) is 38.3. The van der Waals surface area contributed by atoms with E-state index in [0.29, 0.717) is 17.2 Å². The Hall–Kier alpha value is -4.77. The van der Waals surface area contributed by atoms with Gasteiger partial charge < -0.3 is 14.2 Å². The highest BCUT2D eigenvalue weighted by Crippen LogP contribution is 2.39. The van der Waals surface area contributed by atoms with E-state index in [0.717, 1.165) is 11.0 Å². The molecule has 0 atom stereocenters. The zero-order chi connectivity index (χ0) is 25.8. The molecule has 1 aliphatic heterocycles. The lowest BCUT2D eigenvalue weighted by atomic mass is 10.0. The number of nitrogens with one attached hydrogen (secondary N) is 1. The largest absolute Gasteiger partial charge is 0.496 e. The molecule has 1 saturated heterocycles. The van der Waals surface area contributed by atoms with Crippen molar-refractivity contribution >= 4 is 46.6 Å². The van der Waals surface area contributed by atoms with Crippen LogP contribution >= 0.6 is 12.2 Å². The van der Waals surface area contributed by atoms with Crippen LogP contribution in [0.5, 0.6) is 23.0 Å². The van der Waals surface area contributed by atoms with Gasteiger partial charge in [-0.1, -0.05) is 18.2 Å². The van der Waals surface area contributed by atoms with Gasteiger partial charge in [0.25, 0.3) is 11.8 Å². The molecule has 0 aliphatic carbocycles. The topological polar surface area (TPSA) is 120 Å². The van der Waals surface area contributed by atoms with Crippen LogP contribution in [-0.4, -0.2) is 36.1 Å². The Morgan fingerprint density at radius 2 is 1.53 bits per heavy atom. The second-order valence-electron chi connectivity index (χ2n) is 7.36. The van der Waals surface area contributed by atoms with Crippen LogP contribution in [-0.2, 0) is 9.59 Å². The zero-order valence-electron chi connectivity index (χ0n) is 19.1. The number of nitro benzene ring substituents is 1. The number of benzene rings is 3. The van der Waals surface area contributed by atoms with Crippen LogP contribution in [0.4, 0.5) is 11.4 Å². The van der Waals surface area contributed by atoms with Crippen LogP contribution in [0.25, 0.3) is 6.08 Å². The first-order valence-corrected chi connectivity index (χ1v) is 10.9. The second-order valence-corrected chi connectivity index (χ2v) is 7.74. The van der Waals surface area contributed by atoms with Crippen LogP contribution < -0.4 is 24.4 Å². The lowest BCUT2D eigenvalue weighted by Gasteiger charge is -2.29. The van der Waals surface area contributed by atoms with Gasteiger partial charge in [0.05, 0.1) is 30.4 Å². The van der Waals surface area contributed by atoms with E-state index in [1.165, 1.54) is 26.4 Å². The minimum absolute atomic E-state index is 0.0577. The zero-order valence-corrected chi connectivity index (χ0v) is 19.9. The molecule has 0 radical (unpaired) electrons. The Labute approximate surface area is 210 Å². The van der Waals surface area contributed by atoms with Crippen LogP contribution in [0.1, 0.15) is 5.56 Å². The lowest BCUT2D eigenvalue weighted by molar-refractivity contribution is -0.386. The number of carbonyl (C=O) groups is 2. The Kier molecular flexibility index (Phi) is 6.93. The third kappa shape index (κ3) is 4.72. The minimum atomic E-state index is -0.801. The summed E-state index contributed by atoms with van der Waals surface area (Å²) in [6.45, 7) is 0. The van der Waals surface area contributed by atoms with Crippen molar-refractivity contribution in [2.45, 2.75) is 0 Å². The maximum atomic E-state index is 13.4. The molecule has 1 N–H and O–H groups in total. The molecule has 1 fully saturated rings. The number of carbonyl (C=O) groups excluding carboxylic acids is 2. The minimum Gasteiger partial charge on any atom is -0.496 e. The predicted molar refractivity (Wildman–Crippen MR) is 135 cm³/mol. The van der Waals surface area contributed by atoms with Crippen molar-refractivity contribution in [3.63, 3.8) is 0 Å². The number of para-hydroxylation sites is 1. The summed E-state index contributed by atoms with van der Waals surface area (Å²) < 4.78 is 16.1. The number of hydrogen-bond acceptors (Lipinski definition) is 8. The summed E-state index contributed by atoms with van der Waals surface area (Å²) in [6.07, 6.45) is 1.10. The molecule has 4 rings (SSSR count). The molecule has 0 saturated carbocycles. The SMILES string of the molecule is COc1ccc(OC)c([N+](=O)[O-])c1/C=C1\C(=O)NC(=S)N(c2ccc(Oc3ccccc3)cc2)C1=O. The van der Waals surface area contributed by atoms with Crippen molar-refractivity contribution in [2.75, 3.05) is 19.1 Å². The molecule has 2 amide bonds. The molecule has 0 aromatic heterocycles. The molecule has 1 heterocycles. The van der Waals surface area contributed by atoms with Gasteiger partial charge in [-0.3, -0.25) is 29.9 Å². The van der Waals surface area contributed by atoms with Gasteiger partial charge in [-0.15, -0.1) is 0 Å². The number of amides is 2. The average Bonchev–Trinajstić information content (AvgIpc) is 2.87. The van der Waals surface area contributed by atoms with Crippen molar-refractivity contribution in [1.82, 2.24) is 5.32 Å². The molecule has 0 bridgehead atoms. The third-order valence-electron chi connectivity index (χ3n) is 5.23. The molecule has 182 valence electrons. The van der Waals surface area contributed by atoms with Crippen LogP contribution in [0.2, 0.25) is 0 Å². The monoisotopic (exact) mass is 505 g/mol. The van der Waals surface area contributed by atoms with Gasteiger partial charge in [0.1, 0.15) is 22.8 Å². The van der Waals surface area contributed by atoms with Gasteiger partial charge in [0.2, 0.25) is 0 Å². The smallest absolute Gasteiger partial charge is 0.321 e. The third-order valence-corrected chi connectivity index (χ3v) is 5.51. The van der Waals surface area contributed by atoms with E-state index in [1.54, 1.807) is 36.4 Å². The van der Waals surface area contributed by atoms with Gasteiger partial charge >= 0.3 is 5.69 Å². The molecule has 0 spiro atoms. The number of rotatable bonds is 7. The number of anilines is 1. The Balaban J connectivity index is 1.72. The van der Waals surface area contributed by atoms with Gasteiger partial charge in [0.15, 0.2) is 10.9 Å². The van der Waals surface area contributed by atoms with Crippen molar-refractivity contribution in [3.05, 3.63) is 88.0 Å².